The molecule has 0 unspecified atom stereocenters. The molecule has 0 bridgehead atoms. The van der Waals surface area contributed by atoms with Gasteiger partial charge in [0.2, 0.25) is 0 Å². The van der Waals surface area contributed by atoms with Gasteiger partial charge in [0, 0.05) is 43.6 Å². The normalized spacial score (nSPS) is 11.6. The Balaban J connectivity index is 1.17. The number of phenolic OH excluding ortho intramolecular Hbond substituents is 2. The van der Waals surface area contributed by atoms with E-state index in [1.54, 1.807) is 0 Å². The Labute approximate surface area is 276 Å². The number of phenols is 2. The van der Waals surface area contributed by atoms with Crippen LogP contribution in [0.5, 0.6) is 11.5 Å². The van der Waals surface area contributed by atoms with Crippen LogP contribution in [0.25, 0.3) is 65.3 Å². The zero-order valence-corrected chi connectivity index (χ0v) is 26.6. The Hall–Kier alpha value is -4.90. The van der Waals surface area contributed by atoms with E-state index in [1.807, 2.05) is 72.1 Å². The highest BCUT2D eigenvalue weighted by Crippen LogP contribution is 2.47. The number of benzene rings is 8. The van der Waals surface area contributed by atoms with E-state index in [9.17, 15) is 10.2 Å². The molecule has 0 saturated carbocycles. The van der Waals surface area contributed by atoms with Crippen LogP contribution in [0.15, 0.2) is 155 Å². The maximum Gasteiger partial charge on any atom is 0.124 e. The number of hydrogen-bond acceptors (Lipinski definition) is 4. The molecule has 0 spiro atoms. The van der Waals surface area contributed by atoms with E-state index in [0.29, 0.717) is 11.5 Å². The molecule has 0 atom stereocenters. The first-order chi connectivity index (χ1) is 22.7. The molecule has 0 aliphatic rings. The summed E-state index contributed by atoms with van der Waals surface area (Å²) in [6.07, 6.45) is 0. The maximum atomic E-state index is 11.3. The molecule has 46 heavy (non-hydrogen) atoms. The highest BCUT2D eigenvalue weighted by molar-refractivity contribution is 8.03. The van der Waals surface area contributed by atoms with E-state index in [4.69, 9.17) is 0 Å². The Bertz CT molecular complexity index is 2240. The smallest absolute Gasteiger partial charge is 0.124 e. The van der Waals surface area contributed by atoms with Crippen LogP contribution in [0.3, 0.4) is 0 Å². The molecular formula is C42H30O2S2. The van der Waals surface area contributed by atoms with Crippen molar-refractivity contribution in [2.45, 2.75) is 9.79 Å². The average molecular weight is 631 g/mol. The zero-order valence-electron chi connectivity index (χ0n) is 25.0. The number of thioether (sulfide) groups is 2. The average Bonchev–Trinajstić information content (AvgIpc) is 3.10. The summed E-state index contributed by atoms with van der Waals surface area (Å²) in [5, 5.41) is 31.4. The highest BCUT2D eigenvalue weighted by Gasteiger charge is 2.19. The number of hydrogen-bond donors (Lipinski definition) is 2. The van der Waals surface area contributed by atoms with E-state index >= 15 is 0 Å². The topological polar surface area (TPSA) is 40.5 Å². The van der Waals surface area contributed by atoms with Crippen molar-refractivity contribution in [1.29, 1.82) is 0 Å². The summed E-state index contributed by atoms with van der Waals surface area (Å²) in [4.78, 5) is 2.30. The summed E-state index contributed by atoms with van der Waals surface area (Å²) >= 11 is 3.65. The molecule has 8 aromatic carbocycles. The van der Waals surface area contributed by atoms with Crippen molar-refractivity contribution >= 4 is 66.6 Å². The van der Waals surface area contributed by atoms with Gasteiger partial charge in [-0.1, -0.05) is 121 Å². The lowest BCUT2D eigenvalue weighted by Gasteiger charge is -2.18. The molecule has 0 heterocycles. The molecule has 0 saturated heterocycles. The molecule has 0 amide bonds. The molecule has 0 aromatic heterocycles. The highest BCUT2D eigenvalue weighted by atomic mass is 32.2. The van der Waals surface area contributed by atoms with Crippen LogP contribution in [0.2, 0.25) is 0 Å². The molecule has 4 heteroatoms. The van der Waals surface area contributed by atoms with Crippen molar-refractivity contribution < 1.29 is 10.2 Å². The Morgan fingerprint density at radius 3 is 1.00 bits per heavy atom. The van der Waals surface area contributed by atoms with Gasteiger partial charge in [-0.2, -0.15) is 0 Å². The van der Waals surface area contributed by atoms with E-state index < -0.39 is 0 Å². The van der Waals surface area contributed by atoms with Crippen LogP contribution in [0.4, 0.5) is 0 Å². The minimum Gasteiger partial charge on any atom is -0.507 e. The van der Waals surface area contributed by atoms with Crippen LogP contribution in [-0.4, -0.2) is 21.7 Å². The Morgan fingerprint density at radius 2 is 0.630 bits per heavy atom. The molecule has 8 aromatic rings. The summed E-state index contributed by atoms with van der Waals surface area (Å²) in [5.41, 5.74) is 3.92. The van der Waals surface area contributed by atoms with Gasteiger partial charge in [0.25, 0.3) is 0 Å². The first-order valence-corrected chi connectivity index (χ1v) is 17.4. The maximum absolute atomic E-state index is 11.3. The van der Waals surface area contributed by atoms with Gasteiger partial charge in [-0.05, 0) is 67.4 Å². The predicted molar refractivity (Wildman–Crippen MR) is 199 cm³/mol. The third kappa shape index (κ3) is 5.04. The fourth-order valence-corrected chi connectivity index (χ4v) is 8.76. The summed E-state index contributed by atoms with van der Waals surface area (Å²) in [6, 6.07) is 49.7. The fraction of sp³-hybridized carbons (Fsp3) is 0.0476. The molecule has 222 valence electrons. The van der Waals surface area contributed by atoms with Crippen molar-refractivity contribution in [3.63, 3.8) is 0 Å². The van der Waals surface area contributed by atoms with Gasteiger partial charge in [0.1, 0.15) is 11.5 Å². The third-order valence-corrected chi connectivity index (χ3v) is 11.1. The minimum absolute atomic E-state index is 0.293. The van der Waals surface area contributed by atoms with Crippen molar-refractivity contribution in [3.8, 4) is 33.8 Å². The van der Waals surface area contributed by atoms with E-state index in [1.165, 1.54) is 0 Å². The number of aromatic hydroxyl groups is 2. The molecule has 0 fully saturated rings. The number of rotatable bonds is 7. The van der Waals surface area contributed by atoms with Crippen molar-refractivity contribution in [1.82, 2.24) is 0 Å². The molecular weight excluding hydrogens is 601 g/mol. The van der Waals surface area contributed by atoms with Crippen molar-refractivity contribution in [2.75, 3.05) is 11.5 Å². The Kier molecular flexibility index (Phi) is 7.53. The van der Waals surface area contributed by atoms with Crippen LogP contribution in [0.1, 0.15) is 0 Å². The molecule has 0 radical (unpaired) electrons. The van der Waals surface area contributed by atoms with Crippen molar-refractivity contribution in [3.05, 3.63) is 146 Å². The molecule has 0 aliphatic heterocycles. The third-order valence-electron chi connectivity index (χ3n) is 8.69. The van der Waals surface area contributed by atoms with Gasteiger partial charge < -0.3 is 10.2 Å². The van der Waals surface area contributed by atoms with Crippen LogP contribution < -0.4 is 0 Å². The number of fused-ring (bicyclic) bond motifs is 4. The quantitative estimate of drug-likeness (QED) is 0.136. The van der Waals surface area contributed by atoms with Gasteiger partial charge in [-0.15, -0.1) is 23.5 Å². The van der Waals surface area contributed by atoms with Crippen molar-refractivity contribution in [2.24, 2.45) is 0 Å². The first-order valence-electron chi connectivity index (χ1n) is 15.4. The molecule has 2 nitrogen and oxygen atoms in total. The van der Waals surface area contributed by atoms with Crippen LogP contribution >= 0.6 is 23.5 Å². The van der Waals surface area contributed by atoms with Gasteiger partial charge >= 0.3 is 0 Å². The summed E-state index contributed by atoms with van der Waals surface area (Å²) in [6.45, 7) is 0. The first kappa shape index (κ1) is 28.6. The minimum atomic E-state index is 0.293. The monoisotopic (exact) mass is 630 g/mol. The summed E-state index contributed by atoms with van der Waals surface area (Å²) in [5.74, 6) is 2.33. The van der Waals surface area contributed by atoms with Gasteiger partial charge in [0.05, 0.1) is 0 Å². The van der Waals surface area contributed by atoms with Gasteiger partial charge in [-0.3, -0.25) is 0 Å². The van der Waals surface area contributed by atoms with Crippen LogP contribution in [-0.2, 0) is 0 Å². The summed E-state index contributed by atoms with van der Waals surface area (Å²) in [7, 11) is 0. The lowest BCUT2D eigenvalue weighted by Crippen LogP contribution is -1.93. The molecule has 0 aliphatic carbocycles. The predicted octanol–water partition coefficient (Wildman–Crippen LogP) is 11.9. The van der Waals surface area contributed by atoms with E-state index in [2.05, 4.69) is 97.1 Å². The molecule has 2 N–H and O–H groups in total. The summed E-state index contributed by atoms with van der Waals surface area (Å²) < 4.78 is 0. The molecule has 8 rings (SSSR count). The standard InChI is InChI=1S/C42H30O2S2/c43-35-21-17-27-9-1-5-13-31(27)39(35)41-33-15-7-3-11-29(33)19-23-37(41)45-25-26-46-38-24-20-30-12-4-8-16-34(30)42(38)40-32-14-6-2-10-28(32)18-22-36(40)44/h1-24,43-44H,25-26H2. The fourth-order valence-electron chi connectivity index (χ4n) is 6.61. The second-order valence-corrected chi connectivity index (χ2v) is 13.7. The van der Waals surface area contributed by atoms with Crippen LogP contribution in [0, 0.1) is 0 Å². The largest absolute Gasteiger partial charge is 0.507 e. The SMILES string of the molecule is Oc1ccc2ccccc2c1-c1c(SCCSc2ccc3ccccc3c2-c2c(O)ccc3ccccc23)ccc2ccccc12. The van der Waals surface area contributed by atoms with Gasteiger partial charge in [-0.25, -0.2) is 0 Å². The van der Waals surface area contributed by atoms with E-state index in [-0.39, 0.29) is 0 Å². The lowest BCUT2D eigenvalue weighted by molar-refractivity contribution is 0.477. The van der Waals surface area contributed by atoms with Gasteiger partial charge in [0.15, 0.2) is 0 Å². The Morgan fingerprint density at radius 1 is 0.326 bits per heavy atom. The second kappa shape index (κ2) is 12.1. The lowest BCUT2D eigenvalue weighted by atomic mass is 9.93. The second-order valence-electron chi connectivity index (χ2n) is 11.4. The van der Waals surface area contributed by atoms with E-state index in [0.717, 1.165) is 86.6 Å². The zero-order chi connectivity index (χ0) is 31.0.